The molecule has 1 fully saturated rings. The number of hydrogen-bond acceptors (Lipinski definition) is 1. The average molecular weight is 129 g/mol. The van der Waals surface area contributed by atoms with E-state index >= 15 is 0 Å². The summed E-state index contributed by atoms with van der Waals surface area (Å²) in [6, 6.07) is 0. The number of nitrogens with zero attached hydrogens (tertiary/aromatic N) is 2. The molecule has 0 aromatic carbocycles. The maximum Gasteiger partial charge on any atom is 0.0927 e. The van der Waals surface area contributed by atoms with Crippen LogP contribution in [0.25, 0.3) is 0 Å². The summed E-state index contributed by atoms with van der Waals surface area (Å²) in [7, 11) is 0. The highest BCUT2D eigenvalue weighted by molar-refractivity contribution is 4.55. The Bertz CT molecular complexity index is 89.1. The zero-order valence-electron chi connectivity index (χ0n) is 5.84. The molecule has 3 nitrogen and oxygen atoms in total. The van der Waals surface area contributed by atoms with Crippen LogP contribution in [0.4, 0.5) is 0 Å². The van der Waals surface area contributed by atoms with Crippen molar-refractivity contribution in [3.05, 3.63) is 5.21 Å². The second-order valence-electron chi connectivity index (χ2n) is 2.49. The van der Waals surface area contributed by atoms with Gasteiger partial charge in [-0.2, -0.15) is 0 Å². The lowest BCUT2D eigenvalue weighted by Crippen LogP contribution is -2.52. The van der Waals surface area contributed by atoms with Crippen molar-refractivity contribution in [2.45, 2.75) is 6.92 Å². The first-order valence-corrected chi connectivity index (χ1v) is 3.47. The van der Waals surface area contributed by atoms with Gasteiger partial charge in [0.2, 0.25) is 0 Å². The van der Waals surface area contributed by atoms with Crippen LogP contribution in [-0.4, -0.2) is 37.4 Å². The Morgan fingerprint density at radius 1 is 1.44 bits per heavy atom. The van der Waals surface area contributed by atoms with Crippen LogP contribution in [0.3, 0.4) is 0 Å². The Kier molecular flexibility index (Phi) is 2.05. The molecule has 9 heavy (non-hydrogen) atoms. The first-order valence-electron chi connectivity index (χ1n) is 3.47. The van der Waals surface area contributed by atoms with E-state index in [1.54, 1.807) is 0 Å². The van der Waals surface area contributed by atoms with Crippen molar-refractivity contribution in [1.29, 1.82) is 0 Å². The second kappa shape index (κ2) is 2.64. The molecule has 0 bridgehead atoms. The maximum absolute atomic E-state index is 11.4. The van der Waals surface area contributed by atoms with E-state index in [1.165, 1.54) is 0 Å². The highest BCUT2D eigenvalue weighted by Crippen LogP contribution is 2.04. The van der Waals surface area contributed by atoms with Gasteiger partial charge in [0.1, 0.15) is 0 Å². The molecular weight excluding hydrogens is 116 g/mol. The number of hydrogen-bond donors (Lipinski definition) is 0. The number of piperazine rings is 1. The van der Waals surface area contributed by atoms with Crippen molar-refractivity contribution in [1.82, 2.24) is 5.32 Å². The number of quaternary nitrogens is 1. The summed E-state index contributed by atoms with van der Waals surface area (Å²) in [4.78, 5) is 0. The lowest BCUT2D eigenvalue weighted by atomic mass is 10.3. The molecule has 53 valence electrons. The van der Waals surface area contributed by atoms with Crippen LogP contribution in [-0.2, 0) is 0 Å². The van der Waals surface area contributed by atoms with Crippen LogP contribution in [0.2, 0.25) is 0 Å². The van der Waals surface area contributed by atoms with Gasteiger partial charge < -0.3 is 9.85 Å². The van der Waals surface area contributed by atoms with Crippen LogP contribution in [0.15, 0.2) is 0 Å². The molecule has 0 aliphatic carbocycles. The van der Waals surface area contributed by atoms with Gasteiger partial charge in [-0.1, -0.05) is 0 Å². The molecular formula is C6H13N2O. The normalized spacial score (nSPS) is 26.0. The summed E-state index contributed by atoms with van der Waals surface area (Å²) in [6.07, 6.45) is 0. The molecule has 1 heterocycles. The minimum atomic E-state index is -0.0243. The summed E-state index contributed by atoms with van der Waals surface area (Å²) in [5, 5.41) is 15.5. The smallest absolute Gasteiger partial charge is 0.0927 e. The van der Waals surface area contributed by atoms with E-state index < -0.39 is 0 Å². The van der Waals surface area contributed by atoms with Gasteiger partial charge >= 0.3 is 0 Å². The molecule has 0 aromatic heterocycles. The Morgan fingerprint density at radius 2 is 2.00 bits per heavy atom. The van der Waals surface area contributed by atoms with Crippen molar-refractivity contribution in [3.63, 3.8) is 0 Å². The van der Waals surface area contributed by atoms with E-state index in [0.717, 1.165) is 13.1 Å². The fourth-order valence-electron chi connectivity index (χ4n) is 1.05. The van der Waals surface area contributed by atoms with E-state index in [4.69, 9.17) is 0 Å². The predicted octanol–water partition coefficient (Wildman–Crippen LogP) is -0.0611. The fourth-order valence-corrected chi connectivity index (χ4v) is 1.05. The van der Waals surface area contributed by atoms with Crippen molar-refractivity contribution in [3.8, 4) is 0 Å². The quantitative estimate of drug-likeness (QED) is 0.361. The Labute approximate surface area is 55.8 Å². The van der Waals surface area contributed by atoms with Crippen LogP contribution >= 0.6 is 0 Å². The van der Waals surface area contributed by atoms with Crippen LogP contribution < -0.4 is 5.32 Å². The molecule has 1 aliphatic rings. The molecule has 1 saturated heterocycles. The molecule has 3 heteroatoms. The summed E-state index contributed by atoms with van der Waals surface area (Å²) in [5.74, 6) is 0. The van der Waals surface area contributed by atoms with Gasteiger partial charge in [-0.25, -0.2) is 5.32 Å². The topological polar surface area (TPSA) is 37.2 Å². The van der Waals surface area contributed by atoms with E-state index in [0.29, 0.717) is 19.6 Å². The Balaban J connectivity index is 2.37. The Hall–Kier alpha value is -0.120. The van der Waals surface area contributed by atoms with E-state index in [2.05, 4.69) is 5.32 Å². The highest BCUT2D eigenvalue weighted by atomic mass is 16.5. The van der Waals surface area contributed by atoms with Gasteiger partial charge in [0, 0.05) is 0 Å². The van der Waals surface area contributed by atoms with E-state index in [1.807, 2.05) is 6.92 Å². The van der Waals surface area contributed by atoms with Crippen molar-refractivity contribution >= 4 is 0 Å². The third kappa shape index (κ3) is 1.64. The van der Waals surface area contributed by atoms with E-state index in [-0.39, 0.29) is 4.65 Å². The first-order chi connectivity index (χ1) is 4.27. The number of hydroxylamine groups is 3. The molecule has 0 unspecified atom stereocenters. The molecule has 1 rings (SSSR count). The summed E-state index contributed by atoms with van der Waals surface area (Å²) >= 11 is 0. The van der Waals surface area contributed by atoms with Gasteiger partial charge in [-0.15, -0.1) is 0 Å². The third-order valence-electron chi connectivity index (χ3n) is 1.91. The first kappa shape index (κ1) is 6.99. The highest BCUT2D eigenvalue weighted by Gasteiger charge is 2.17. The molecule has 0 aromatic rings. The third-order valence-corrected chi connectivity index (χ3v) is 1.91. The molecule has 0 saturated carbocycles. The Morgan fingerprint density at radius 3 is 2.33 bits per heavy atom. The average Bonchev–Trinajstić information content (AvgIpc) is 1.90. The van der Waals surface area contributed by atoms with Gasteiger partial charge in [-0.05, 0) is 6.92 Å². The summed E-state index contributed by atoms with van der Waals surface area (Å²) in [6.45, 7) is 5.55. The molecule has 0 amide bonds. The number of rotatable bonds is 1. The molecule has 0 atom stereocenters. The van der Waals surface area contributed by atoms with E-state index in [9.17, 15) is 5.21 Å². The molecule has 1 radical (unpaired) electrons. The summed E-state index contributed by atoms with van der Waals surface area (Å²) < 4.78 is -0.0243. The van der Waals surface area contributed by atoms with Crippen LogP contribution in [0.1, 0.15) is 6.92 Å². The van der Waals surface area contributed by atoms with Gasteiger partial charge in [-0.3, -0.25) is 0 Å². The second-order valence-corrected chi connectivity index (χ2v) is 2.49. The van der Waals surface area contributed by atoms with Gasteiger partial charge in [0.05, 0.1) is 32.7 Å². The minimum absolute atomic E-state index is 0.0243. The largest absolute Gasteiger partial charge is 0.633 e. The van der Waals surface area contributed by atoms with Crippen LogP contribution in [0, 0.1) is 5.21 Å². The summed E-state index contributed by atoms with van der Waals surface area (Å²) in [5.41, 5.74) is 0. The standard InChI is InChI=1S/C6H13N2O/c1-2-8(9)5-3-7-4-6-8/h2-6H2,1H3. The fraction of sp³-hybridized carbons (Fsp3) is 1.00. The lowest BCUT2D eigenvalue weighted by molar-refractivity contribution is -0.880. The molecule has 0 spiro atoms. The molecule has 1 aliphatic heterocycles. The minimum Gasteiger partial charge on any atom is -0.633 e. The van der Waals surface area contributed by atoms with Crippen molar-refractivity contribution in [2.24, 2.45) is 0 Å². The maximum atomic E-state index is 11.4. The lowest BCUT2D eigenvalue weighted by Gasteiger charge is -2.44. The van der Waals surface area contributed by atoms with Gasteiger partial charge in [0.15, 0.2) is 0 Å². The zero-order valence-corrected chi connectivity index (χ0v) is 5.84. The monoisotopic (exact) mass is 129 g/mol. The molecule has 0 N–H and O–H groups in total. The predicted molar refractivity (Wildman–Crippen MR) is 35.8 cm³/mol. The zero-order chi connectivity index (χ0) is 6.74. The van der Waals surface area contributed by atoms with Crippen molar-refractivity contribution < 1.29 is 4.65 Å². The SMILES string of the molecule is CC[N+]1([O-])CC[N]CC1. The van der Waals surface area contributed by atoms with Gasteiger partial charge in [0.25, 0.3) is 0 Å². The van der Waals surface area contributed by atoms with Crippen LogP contribution in [0.5, 0.6) is 0 Å². The number of likely N-dealkylation sites (N-methyl/N-ethyl adjacent to an activating group) is 1. The van der Waals surface area contributed by atoms with Crippen molar-refractivity contribution in [2.75, 3.05) is 32.7 Å².